The van der Waals surface area contributed by atoms with E-state index in [1.807, 2.05) is 66.2 Å². The molecule has 1 aliphatic rings. The van der Waals surface area contributed by atoms with Crippen molar-refractivity contribution >= 4 is 17.5 Å². The number of likely N-dealkylation sites (N-methyl/N-ethyl adjacent to an activating group) is 1. The summed E-state index contributed by atoms with van der Waals surface area (Å²) < 4.78 is 5.51. The van der Waals surface area contributed by atoms with Gasteiger partial charge in [0.05, 0.1) is 19.3 Å². The van der Waals surface area contributed by atoms with E-state index in [0.717, 1.165) is 11.3 Å². The van der Waals surface area contributed by atoms with Crippen LogP contribution >= 0.6 is 0 Å². The lowest BCUT2D eigenvalue weighted by atomic mass is 10.1. The summed E-state index contributed by atoms with van der Waals surface area (Å²) in [5, 5.41) is 2.94. The molecule has 29 heavy (non-hydrogen) atoms. The van der Waals surface area contributed by atoms with E-state index in [0.29, 0.717) is 31.8 Å². The third-order valence-electron chi connectivity index (χ3n) is 5.30. The average Bonchev–Trinajstić information content (AvgIpc) is 2.74. The Kier molecular flexibility index (Phi) is 7.01. The minimum Gasteiger partial charge on any atom is -0.375 e. The number of anilines is 1. The van der Waals surface area contributed by atoms with Gasteiger partial charge in [0.1, 0.15) is 0 Å². The van der Waals surface area contributed by atoms with Gasteiger partial charge in [-0.2, -0.15) is 0 Å². The average molecular weight is 396 g/mol. The highest BCUT2D eigenvalue weighted by atomic mass is 16.5. The van der Waals surface area contributed by atoms with Gasteiger partial charge in [-0.15, -0.1) is 0 Å². The zero-order valence-corrected chi connectivity index (χ0v) is 17.3. The first-order valence-electron chi connectivity index (χ1n) is 10.00. The molecule has 1 saturated heterocycles. The monoisotopic (exact) mass is 395 g/mol. The highest BCUT2D eigenvalue weighted by Gasteiger charge is 2.24. The molecule has 0 aliphatic carbocycles. The Morgan fingerprint density at radius 2 is 1.97 bits per heavy atom. The Bertz CT molecular complexity index is 840. The van der Waals surface area contributed by atoms with Crippen molar-refractivity contribution in [3.8, 4) is 0 Å². The van der Waals surface area contributed by atoms with Crippen molar-refractivity contribution in [1.82, 2.24) is 9.80 Å². The minimum atomic E-state index is -0.139. The van der Waals surface area contributed by atoms with Gasteiger partial charge in [-0.1, -0.05) is 30.3 Å². The van der Waals surface area contributed by atoms with E-state index in [1.165, 1.54) is 0 Å². The smallest absolute Gasteiger partial charge is 0.255 e. The van der Waals surface area contributed by atoms with Crippen molar-refractivity contribution in [2.75, 3.05) is 38.6 Å². The van der Waals surface area contributed by atoms with Crippen LogP contribution in [0.25, 0.3) is 0 Å². The van der Waals surface area contributed by atoms with Crippen LogP contribution in [-0.2, 0) is 9.53 Å². The maximum atomic E-state index is 12.6. The van der Waals surface area contributed by atoms with Crippen molar-refractivity contribution < 1.29 is 14.3 Å². The molecule has 6 heteroatoms. The number of benzene rings is 2. The summed E-state index contributed by atoms with van der Waals surface area (Å²) in [4.78, 5) is 28.9. The van der Waals surface area contributed by atoms with E-state index in [4.69, 9.17) is 4.74 Å². The van der Waals surface area contributed by atoms with E-state index in [-0.39, 0.29) is 24.0 Å². The van der Waals surface area contributed by atoms with E-state index < -0.39 is 0 Å². The molecule has 3 rings (SSSR count). The highest BCUT2D eigenvalue weighted by molar-refractivity contribution is 6.04. The zero-order chi connectivity index (χ0) is 20.8. The quantitative estimate of drug-likeness (QED) is 0.816. The van der Waals surface area contributed by atoms with Crippen LogP contribution in [0.5, 0.6) is 0 Å². The second-order valence-corrected chi connectivity index (χ2v) is 7.56. The number of hydrogen-bond donors (Lipinski definition) is 1. The van der Waals surface area contributed by atoms with E-state index in [1.54, 1.807) is 12.1 Å². The number of ether oxygens (including phenoxy) is 1. The van der Waals surface area contributed by atoms with Gasteiger partial charge < -0.3 is 15.0 Å². The van der Waals surface area contributed by atoms with Crippen molar-refractivity contribution in [3.63, 3.8) is 0 Å². The number of amides is 2. The summed E-state index contributed by atoms with van der Waals surface area (Å²) in [5.41, 5.74) is 2.40. The van der Waals surface area contributed by atoms with Gasteiger partial charge in [0, 0.05) is 30.4 Å². The standard InChI is InChI=1S/C23H29N3O3/c1-17-15-26(12-13-29-17)22(27)16-25(3)18(2)20-10-7-11-21(14-20)24-23(28)19-8-5-4-6-9-19/h4-11,14,17-18H,12-13,15-16H2,1-3H3,(H,24,28)/t17-,18-/m0/s1. The summed E-state index contributed by atoms with van der Waals surface area (Å²) in [5.74, 6) is -0.0246. The lowest BCUT2D eigenvalue weighted by Gasteiger charge is -2.33. The number of rotatable bonds is 6. The van der Waals surface area contributed by atoms with Gasteiger partial charge in [0.25, 0.3) is 5.91 Å². The minimum absolute atomic E-state index is 0.0333. The van der Waals surface area contributed by atoms with Crippen molar-refractivity contribution in [1.29, 1.82) is 0 Å². The molecule has 0 saturated carbocycles. The molecule has 2 aromatic carbocycles. The molecule has 0 bridgehead atoms. The number of morpholine rings is 1. The Balaban J connectivity index is 1.61. The largest absolute Gasteiger partial charge is 0.375 e. The molecule has 154 valence electrons. The third-order valence-corrected chi connectivity index (χ3v) is 5.30. The Labute approximate surface area is 172 Å². The maximum absolute atomic E-state index is 12.6. The van der Waals surface area contributed by atoms with E-state index >= 15 is 0 Å². The Morgan fingerprint density at radius 3 is 2.69 bits per heavy atom. The molecule has 0 unspecified atom stereocenters. The zero-order valence-electron chi connectivity index (χ0n) is 17.3. The first-order chi connectivity index (χ1) is 13.9. The molecule has 1 N–H and O–H groups in total. The van der Waals surface area contributed by atoms with E-state index in [2.05, 4.69) is 12.2 Å². The number of carbonyl (C=O) groups is 2. The van der Waals surface area contributed by atoms with Gasteiger partial charge in [-0.25, -0.2) is 0 Å². The normalized spacial score (nSPS) is 17.8. The number of nitrogens with zero attached hydrogens (tertiary/aromatic N) is 2. The molecule has 0 aromatic heterocycles. The molecular weight excluding hydrogens is 366 g/mol. The molecule has 2 atom stereocenters. The Hall–Kier alpha value is -2.70. The fourth-order valence-corrected chi connectivity index (χ4v) is 3.42. The van der Waals surface area contributed by atoms with Crippen molar-refractivity contribution in [2.45, 2.75) is 26.0 Å². The molecule has 2 aromatic rings. The second-order valence-electron chi connectivity index (χ2n) is 7.56. The van der Waals surface area contributed by atoms with Gasteiger partial charge in [-0.05, 0) is 50.7 Å². The maximum Gasteiger partial charge on any atom is 0.255 e. The topological polar surface area (TPSA) is 61.9 Å². The summed E-state index contributed by atoms with van der Waals surface area (Å²) >= 11 is 0. The molecular formula is C23H29N3O3. The molecule has 1 aliphatic heterocycles. The van der Waals surface area contributed by atoms with E-state index in [9.17, 15) is 9.59 Å². The second kappa shape index (κ2) is 9.67. The lowest BCUT2D eigenvalue weighted by Crippen LogP contribution is -2.48. The van der Waals surface area contributed by atoms with Crippen LogP contribution in [0.15, 0.2) is 54.6 Å². The molecule has 0 spiro atoms. The van der Waals surface area contributed by atoms with Gasteiger partial charge in [-0.3, -0.25) is 14.5 Å². The van der Waals surface area contributed by atoms with Crippen molar-refractivity contribution in [2.24, 2.45) is 0 Å². The number of carbonyl (C=O) groups excluding carboxylic acids is 2. The fraction of sp³-hybridized carbons (Fsp3) is 0.391. The van der Waals surface area contributed by atoms with Crippen LogP contribution in [0.4, 0.5) is 5.69 Å². The third kappa shape index (κ3) is 5.65. The first kappa shape index (κ1) is 21.0. The molecule has 2 amide bonds. The number of nitrogens with one attached hydrogen (secondary N) is 1. The summed E-state index contributed by atoms with van der Waals surface area (Å²) in [7, 11) is 1.95. The van der Waals surface area contributed by atoms with Crippen LogP contribution in [0, 0.1) is 0 Å². The predicted molar refractivity (Wildman–Crippen MR) is 114 cm³/mol. The van der Waals surface area contributed by atoms with Crippen molar-refractivity contribution in [3.05, 3.63) is 65.7 Å². The predicted octanol–water partition coefficient (Wildman–Crippen LogP) is 3.18. The number of hydrogen-bond acceptors (Lipinski definition) is 4. The summed E-state index contributed by atoms with van der Waals surface area (Å²) in [6.45, 7) is 6.27. The first-order valence-corrected chi connectivity index (χ1v) is 10.00. The SMILES string of the molecule is C[C@H]1CN(C(=O)CN(C)[C@@H](C)c2cccc(NC(=O)c3ccccc3)c2)CCO1. The summed E-state index contributed by atoms with van der Waals surface area (Å²) in [6, 6.07) is 16.9. The fourth-order valence-electron chi connectivity index (χ4n) is 3.42. The Morgan fingerprint density at radius 1 is 1.21 bits per heavy atom. The molecule has 6 nitrogen and oxygen atoms in total. The molecule has 1 heterocycles. The van der Waals surface area contributed by atoms with Crippen LogP contribution in [0.3, 0.4) is 0 Å². The summed E-state index contributed by atoms with van der Waals surface area (Å²) in [6.07, 6.45) is 0.0836. The van der Waals surface area contributed by atoms with Gasteiger partial charge >= 0.3 is 0 Å². The highest BCUT2D eigenvalue weighted by Crippen LogP contribution is 2.22. The van der Waals surface area contributed by atoms with Crippen LogP contribution in [0.1, 0.15) is 35.8 Å². The van der Waals surface area contributed by atoms with Gasteiger partial charge in [0.2, 0.25) is 5.91 Å². The van der Waals surface area contributed by atoms with Crippen LogP contribution in [0.2, 0.25) is 0 Å². The van der Waals surface area contributed by atoms with Crippen LogP contribution in [-0.4, -0.2) is 61.0 Å². The molecule has 0 radical (unpaired) electrons. The van der Waals surface area contributed by atoms with Crippen LogP contribution < -0.4 is 5.32 Å². The molecule has 1 fully saturated rings. The lowest BCUT2D eigenvalue weighted by molar-refractivity contribution is -0.139. The van der Waals surface area contributed by atoms with Gasteiger partial charge in [0.15, 0.2) is 0 Å².